The molecule has 2 rings (SSSR count). The largest absolute Gasteiger partial charge is 0.374 e. The van der Waals surface area contributed by atoms with E-state index in [1.165, 1.54) is 32.1 Å². The molecule has 2 fully saturated rings. The smallest absolute Gasteiger partial charge is 0.0829 e. The van der Waals surface area contributed by atoms with Crippen molar-refractivity contribution in [2.24, 2.45) is 11.7 Å². The van der Waals surface area contributed by atoms with Crippen molar-refractivity contribution in [2.45, 2.75) is 50.7 Å². The highest BCUT2D eigenvalue weighted by Crippen LogP contribution is 2.36. The van der Waals surface area contributed by atoms with Crippen LogP contribution in [0.5, 0.6) is 0 Å². The average molecular weight is 283 g/mol. The Morgan fingerprint density at radius 3 is 2.60 bits per heavy atom. The van der Waals surface area contributed by atoms with E-state index in [9.17, 15) is 0 Å². The summed E-state index contributed by atoms with van der Waals surface area (Å²) in [6.45, 7) is 7.07. The highest BCUT2D eigenvalue weighted by atomic mass is 16.5. The fraction of sp³-hybridized carbons (Fsp3) is 1.00. The molecule has 20 heavy (non-hydrogen) atoms. The topological polar surface area (TPSA) is 41.7 Å². The van der Waals surface area contributed by atoms with Crippen LogP contribution in [0.1, 0.15) is 39.0 Å². The van der Waals surface area contributed by atoms with Crippen LogP contribution in [0.4, 0.5) is 0 Å². The molecule has 1 aliphatic carbocycles. The van der Waals surface area contributed by atoms with E-state index in [1.54, 1.807) is 0 Å². The molecule has 1 atom stereocenters. The van der Waals surface area contributed by atoms with Crippen molar-refractivity contribution < 1.29 is 4.74 Å². The molecule has 118 valence electrons. The van der Waals surface area contributed by atoms with Gasteiger partial charge in [0.15, 0.2) is 0 Å². The van der Waals surface area contributed by atoms with Crippen LogP contribution in [-0.2, 0) is 4.74 Å². The summed E-state index contributed by atoms with van der Waals surface area (Å²) >= 11 is 0. The molecule has 1 saturated carbocycles. The third kappa shape index (κ3) is 3.73. The van der Waals surface area contributed by atoms with Crippen LogP contribution in [0.3, 0.4) is 0 Å². The minimum absolute atomic E-state index is 0.213. The molecule has 4 nitrogen and oxygen atoms in total. The van der Waals surface area contributed by atoms with Crippen LogP contribution in [0, 0.1) is 5.92 Å². The highest BCUT2D eigenvalue weighted by Gasteiger charge is 2.38. The molecule has 1 unspecified atom stereocenters. The molecule has 0 spiro atoms. The van der Waals surface area contributed by atoms with Crippen molar-refractivity contribution in [2.75, 3.05) is 46.9 Å². The Kier molecular flexibility index (Phi) is 5.84. The summed E-state index contributed by atoms with van der Waals surface area (Å²) < 4.78 is 5.92. The monoisotopic (exact) mass is 283 g/mol. The molecule has 0 aromatic heterocycles. The lowest BCUT2D eigenvalue weighted by Crippen LogP contribution is -2.57. The van der Waals surface area contributed by atoms with Crippen molar-refractivity contribution in [3.8, 4) is 0 Å². The maximum Gasteiger partial charge on any atom is 0.0829 e. The number of likely N-dealkylation sites (N-methyl/N-ethyl adjacent to an activating group) is 2. The first-order valence-electron chi connectivity index (χ1n) is 8.31. The fourth-order valence-electron chi connectivity index (χ4n) is 3.84. The Balaban J connectivity index is 1.90. The van der Waals surface area contributed by atoms with E-state index in [4.69, 9.17) is 10.5 Å². The van der Waals surface area contributed by atoms with Gasteiger partial charge >= 0.3 is 0 Å². The number of nitrogens with zero attached hydrogens (tertiary/aromatic N) is 2. The molecule has 2 aliphatic rings. The number of ether oxygens (including phenoxy) is 1. The van der Waals surface area contributed by atoms with Gasteiger partial charge in [0.1, 0.15) is 0 Å². The van der Waals surface area contributed by atoms with Gasteiger partial charge < -0.3 is 15.4 Å². The molecule has 0 aromatic rings. The maximum absolute atomic E-state index is 6.17. The molecule has 1 aliphatic heterocycles. The molecule has 1 saturated heterocycles. The SMILES string of the molecule is CCC1CCC(CN)(N(C)CC2CN(C)CCO2)CC1. The average Bonchev–Trinajstić information content (AvgIpc) is 2.47. The van der Waals surface area contributed by atoms with Crippen LogP contribution in [-0.4, -0.2) is 68.3 Å². The Labute approximate surface area is 124 Å². The first-order valence-corrected chi connectivity index (χ1v) is 8.31. The number of morpholine rings is 1. The first kappa shape index (κ1) is 16.2. The van der Waals surface area contributed by atoms with E-state index in [0.29, 0.717) is 6.10 Å². The van der Waals surface area contributed by atoms with Crippen LogP contribution < -0.4 is 5.73 Å². The van der Waals surface area contributed by atoms with Crippen LogP contribution >= 0.6 is 0 Å². The molecular weight excluding hydrogens is 250 g/mol. The van der Waals surface area contributed by atoms with Crippen LogP contribution in [0.15, 0.2) is 0 Å². The van der Waals surface area contributed by atoms with E-state index < -0.39 is 0 Å². The third-order valence-corrected chi connectivity index (χ3v) is 5.62. The van der Waals surface area contributed by atoms with E-state index in [2.05, 4.69) is 30.8 Å². The van der Waals surface area contributed by atoms with Crippen LogP contribution in [0.2, 0.25) is 0 Å². The van der Waals surface area contributed by atoms with E-state index in [1.807, 2.05) is 0 Å². The minimum atomic E-state index is 0.213. The van der Waals surface area contributed by atoms with Crippen molar-refractivity contribution in [1.82, 2.24) is 9.80 Å². The predicted octanol–water partition coefficient (Wildman–Crippen LogP) is 1.55. The number of hydrogen-bond donors (Lipinski definition) is 1. The van der Waals surface area contributed by atoms with Gasteiger partial charge in [0.2, 0.25) is 0 Å². The zero-order chi connectivity index (χ0) is 14.6. The minimum Gasteiger partial charge on any atom is -0.374 e. The van der Waals surface area contributed by atoms with E-state index in [0.717, 1.165) is 38.7 Å². The molecule has 0 aromatic carbocycles. The van der Waals surface area contributed by atoms with Gasteiger partial charge in [-0.15, -0.1) is 0 Å². The number of rotatable bonds is 5. The molecule has 1 heterocycles. The Morgan fingerprint density at radius 1 is 1.35 bits per heavy atom. The summed E-state index contributed by atoms with van der Waals surface area (Å²) in [6.07, 6.45) is 6.83. The van der Waals surface area contributed by atoms with Gasteiger partial charge in [-0.2, -0.15) is 0 Å². The second-order valence-electron chi connectivity index (χ2n) is 6.92. The summed E-state index contributed by atoms with van der Waals surface area (Å²) in [6, 6.07) is 0. The first-order chi connectivity index (χ1) is 9.59. The van der Waals surface area contributed by atoms with Crippen molar-refractivity contribution >= 4 is 0 Å². The Hall–Kier alpha value is -0.160. The van der Waals surface area contributed by atoms with Gasteiger partial charge in [-0.25, -0.2) is 0 Å². The normalized spacial score (nSPS) is 36.5. The second-order valence-corrected chi connectivity index (χ2v) is 6.92. The molecule has 0 amide bonds. The standard InChI is InChI=1S/C16H33N3O/c1-4-14-5-7-16(13-17,8-6-14)19(3)12-15-11-18(2)9-10-20-15/h14-15H,4-13,17H2,1-3H3. The van der Waals surface area contributed by atoms with Crippen molar-refractivity contribution in [3.63, 3.8) is 0 Å². The quantitative estimate of drug-likeness (QED) is 0.831. The predicted molar refractivity (Wildman–Crippen MR) is 83.9 cm³/mol. The van der Waals surface area contributed by atoms with Crippen molar-refractivity contribution in [3.05, 3.63) is 0 Å². The fourth-order valence-corrected chi connectivity index (χ4v) is 3.84. The zero-order valence-corrected chi connectivity index (χ0v) is 13.6. The molecule has 0 radical (unpaired) electrons. The van der Waals surface area contributed by atoms with Gasteiger partial charge in [0.05, 0.1) is 12.7 Å². The second kappa shape index (κ2) is 7.21. The highest BCUT2D eigenvalue weighted by molar-refractivity contribution is 4.95. The summed E-state index contributed by atoms with van der Waals surface area (Å²) in [5, 5.41) is 0. The summed E-state index contributed by atoms with van der Waals surface area (Å²) in [5.74, 6) is 0.917. The van der Waals surface area contributed by atoms with Gasteiger partial charge in [-0.1, -0.05) is 13.3 Å². The molecule has 2 N–H and O–H groups in total. The molecular formula is C16H33N3O. The lowest BCUT2D eigenvalue weighted by atomic mass is 9.74. The summed E-state index contributed by atoms with van der Waals surface area (Å²) in [4.78, 5) is 4.87. The Bertz CT molecular complexity index is 289. The van der Waals surface area contributed by atoms with Gasteiger partial charge in [0, 0.05) is 31.7 Å². The van der Waals surface area contributed by atoms with E-state index in [-0.39, 0.29) is 5.54 Å². The zero-order valence-electron chi connectivity index (χ0n) is 13.6. The molecule has 0 bridgehead atoms. The summed E-state index contributed by atoms with van der Waals surface area (Å²) in [5.41, 5.74) is 6.38. The van der Waals surface area contributed by atoms with Gasteiger partial charge in [-0.05, 0) is 45.7 Å². The lowest BCUT2D eigenvalue weighted by Gasteiger charge is -2.47. The molecule has 4 heteroatoms. The third-order valence-electron chi connectivity index (χ3n) is 5.62. The summed E-state index contributed by atoms with van der Waals surface area (Å²) in [7, 11) is 4.43. The van der Waals surface area contributed by atoms with Gasteiger partial charge in [-0.3, -0.25) is 4.90 Å². The number of hydrogen-bond acceptors (Lipinski definition) is 4. The lowest BCUT2D eigenvalue weighted by molar-refractivity contribution is -0.0541. The van der Waals surface area contributed by atoms with Gasteiger partial charge in [0.25, 0.3) is 0 Å². The number of nitrogens with two attached hydrogens (primary N) is 1. The Morgan fingerprint density at radius 2 is 2.05 bits per heavy atom. The van der Waals surface area contributed by atoms with Crippen LogP contribution in [0.25, 0.3) is 0 Å². The van der Waals surface area contributed by atoms with Crippen molar-refractivity contribution in [1.29, 1.82) is 0 Å². The maximum atomic E-state index is 6.17. The van der Waals surface area contributed by atoms with E-state index >= 15 is 0 Å².